The highest BCUT2D eigenvalue weighted by Crippen LogP contribution is 2.15. The van der Waals surface area contributed by atoms with Crippen molar-refractivity contribution in [2.75, 3.05) is 33.7 Å². The van der Waals surface area contributed by atoms with Gasteiger partial charge >= 0.3 is 0 Å². The molecular formula is C14H26N4O2S. The number of sulfonamides is 1. The summed E-state index contributed by atoms with van der Waals surface area (Å²) < 4.78 is 26.9. The molecule has 2 N–H and O–H groups in total. The largest absolute Gasteiger partial charge is 0.326 e. The average Bonchev–Trinajstić information content (AvgIpc) is 2.42. The lowest BCUT2D eigenvalue weighted by atomic mass is 10.2. The maximum atomic E-state index is 12.7. The van der Waals surface area contributed by atoms with E-state index in [-0.39, 0.29) is 10.9 Å². The normalized spacial score (nSPS) is 12.6. The first-order valence-corrected chi connectivity index (χ1v) is 8.51. The lowest BCUT2D eigenvalue weighted by Crippen LogP contribution is -2.39. The molecule has 120 valence electrons. The molecule has 7 heteroatoms. The van der Waals surface area contributed by atoms with Crippen molar-refractivity contribution >= 4 is 10.0 Å². The lowest BCUT2D eigenvalue weighted by Gasteiger charge is -2.25. The first-order valence-electron chi connectivity index (χ1n) is 7.07. The summed E-state index contributed by atoms with van der Waals surface area (Å²) in [5.41, 5.74) is 6.33. The highest BCUT2D eigenvalue weighted by atomic mass is 32.2. The number of rotatable bonds is 8. The van der Waals surface area contributed by atoms with Gasteiger partial charge < -0.3 is 10.6 Å². The van der Waals surface area contributed by atoms with E-state index in [1.54, 1.807) is 6.07 Å². The second-order valence-corrected chi connectivity index (χ2v) is 7.65. The van der Waals surface area contributed by atoms with E-state index < -0.39 is 10.0 Å². The van der Waals surface area contributed by atoms with E-state index in [2.05, 4.69) is 4.98 Å². The molecule has 1 rings (SSSR count). The zero-order chi connectivity index (χ0) is 16.0. The van der Waals surface area contributed by atoms with Crippen LogP contribution in [-0.4, -0.2) is 56.3 Å². The number of pyridine rings is 1. The summed E-state index contributed by atoms with van der Waals surface area (Å²) >= 11 is 0. The molecule has 1 heterocycles. The maximum absolute atomic E-state index is 12.7. The molecule has 0 amide bonds. The van der Waals surface area contributed by atoms with E-state index >= 15 is 0 Å². The number of nitrogens with two attached hydrogens (primary N) is 1. The van der Waals surface area contributed by atoms with Gasteiger partial charge in [-0.25, -0.2) is 13.4 Å². The van der Waals surface area contributed by atoms with Crippen LogP contribution >= 0.6 is 0 Å². The molecule has 6 nitrogen and oxygen atoms in total. The molecule has 0 spiro atoms. The molecule has 0 aliphatic heterocycles. The van der Waals surface area contributed by atoms with Crippen molar-refractivity contribution in [1.82, 2.24) is 14.2 Å². The van der Waals surface area contributed by atoms with E-state index in [1.807, 2.05) is 32.8 Å². The fourth-order valence-electron chi connectivity index (χ4n) is 1.84. The Kier molecular flexibility index (Phi) is 6.73. The molecule has 0 atom stereocenters. The molecule has 1 aromatic heterocycles. The van der Waals surface area contributed by atoms with Crippen LogP contribution < -0.4 is 5.73 Å². The first kappa shape index (κ1) is 18.0. The van der Waals surface area contributed by atoms with Gasteiger partial charge in [0.15, 0.2) is 5.03 Å². The minimum Gasteiger partial charge on any atom is -0.326 e. The van der Waals surface area contributed by atoms with Gasteiger partial charge in [0.25, 0.3) is 10.0 Å². The molecule has 0 aliphatic rings. The Morgan fingerprint density at radius 3 is 2.33 bits per heavy atom. The monoisotopic (exact) mass is 314 g/mol. The third-order valence-corrected chi connectivity index (χ3v) is 4.78. The van der Waals surface area contributed by atoms with Gasteiger partial charge in [0, 0.05) is 32.4 Å². The van der Waals surface area contributed by atoms with Crippen LogP contribution in [0, 0.1) is 5.92 Å². The average molecular weight is 314 g/mol. The highest BCUT2D eigenvalue weighted by molar-refractivity contribution is 7.89. The predicted molar refractivity (Wildman–Crippen MR) is 84.3 cm³/mol. The van der Waals surface area contributed by atoms with Gasteiger partial charge in [0.1, 0.15) is 0 Å². The molecule has 0 fully saturated rings. The van der Waals surface area contributed by atoms with Crippen molar-refractivity contribution < 1.29 is 8.42 Å². The van der Waals surface area contributed by atoms with Crippen molar-refractivity contribution in [3.63, 3.8) is 0 Å². The molecule has 0 aromatic carbocycles. The SMILES string of the molecule is CC(C)CN(CCN(C)C)S(=O)(=O)c1ccc(CN)cn1. The lowest BCUT2D eigenvalue weighted by molar-refractivity contribution is 0.312. The van der Waals surface area contributed by atoms with Crippen LogP contribution in [-0.2, 0) is 16.6 Å². The highest BCUT2D eigenvalue weighted by Gasteiger charge is 2.26. The van der Waals surface area contributed by atoms with Gasteiger partial charge in [0.05, 0.1) is 0 Å². The number of aromatic nitrogens is 1. The van der Waals surface area contributed by atoms with E-state index in [4.69, 9.17) is 5.73 Å². The zero-order valence-corrected chi connectivity index (χ0v) is 14.1. The summed E-state index contributed by atoms with van der Waals surface area (Å²) in [4.78, 5) is 6.02. The second kappa shape index (κ2) is 7.84. The van der Waals surface area contributed by atoms with Crippen LogP contribution in [0.5, 0.6) is 0 Å². The fourth-order valence-corrected chi connectivity index (χ4v) is 3.35. The zero-order valence-electron chi connectivity index (χ0n) is 13.3. The van der Waals surface area contributed by atoms with Crippen LogP contribution in [0.3, 0.4) is 0 Å². The Balaban J connectivity index is 3.00. The second-order valence-electron chi connectivity index (χ2n) is 5.77. The molecular weight excluding hydrogens is 288 g/mol. The number of nitrogens with zero attached hydrogens (tertiary/aromatic N) is 3. The standard InChI is InChI=1S/C14H26N4O2S/c1-12(2)11-18(8-7-17(3)4)21(19,20)14-6-5-13(9-15)10-16-14/h5-6,10,12H,7-9,11,15H2,1-4H3. The summed E-state index contributed by atoms with van der Waals surface area (Å²) in [6, 6.07) is 3.24. The van der Waals surface area contributed by atoms with Gasteiger partial charge in [-0.2, -0.15) is 4.31 Å². The van der Waals surface area contributed by atoms with Crippen molar-refractivity contribution in [3.8, 4) is 0 Å². The number of hydrogen-bond donors (Lipinski definition) is 1. The van der Waals surface area contributed by atoms with Crippen LogP contribution in [0.15, 0.2) is 23.4 Å². The van der Waals surface area contributed by atoms with Gasteiger partial charge in [-0.3, -0.25) is 0 Å². The summed E-state index contributed by atoms with van der Waals surface area (Å²) in [6.07, 6.45) is 1.52. The van der Waals surface area contributed by atoms with E-state index in [1.165, 1.54) is 16.6 Å². The van der Waals surface area contributed by atoms with Gasteiger partial charge in [0.2, 0.25) is 0 Å². The Hall–Kier alpha value is -1.02. The van der Waals surface area contributed by atoms with Crippen molar-refractivity contribution in [2.24, 2.45) is 11.7 Å². The Bertz CT molecular complexity index is 526. The topological polar surface area (TPSA) is 79.5 Å². The van der Waals surface area contributed by atoms with Crippen LogP contribution in [0.2, 0.25) is 0 Å². The molecule has 0 saturated carbocycles. The minimum atomic E-state index is -3.56. The van der Waals surface area contributed by atoms with Crippen molar-refractivity contribution in [1.29, 1.82) is 0 Å². The molecule has 0 radical (unpaired) electrons. The summed E-state index contributed by atoms with van der Waals surface area (Å²) in [5, 5.41) is 0.0825. The first-order chi connectivity index (χ1) is 9.77. The molecule has 1 aromatic rings. The quantitative estimate of drug-likeness (QED) is 0.766. The third kappa shape index (κ3) is 5.35. The number of hydrogen-bond acceptors (Lipinski definition) is 5. The fraction of sp³-hybridized carbons (Fsp3) is 0.643. The number of likely N-dealkylation sites (N-methyl/N-ethyl adjacent to an activating group) is 1. The Labute approximate surface area is 128 Å². The summed E-state index contributed by atoms with van der Waals surface area (Å²) in [7, 11) is 0.288. The van der Waals surface area contributed by atoms with E-state index in [0.717, 1.165) is 5.56 Å². The molecule has 21 heavy (non-hydrogen) atoms. The maximum Gasteiger partial charge on any atom is 0.260 e. The molecule has 0 aliphatic carbocycles. The van der Waals surface area contributed by atoms with Crippen molar-refractivity contribution in [3.05, 3.63) is 23.9 Å². The van der Waals surface area contributed by atoms with Crippen LogP contribution in [0.25, 0.3) is 0 Å². The van der Waals surface area contributed by atoms with Crippen LogP contribution in [0.1, 0.15) is 19.4 Å². The molecule has 0 bridgehead atoms. The van der Waals surface area contributed by atoms with Crippen molar-refractivity contribution in [2.45, 2.75) is 25.4 Å². The molecule has 0 unspecified atom stereocenters. The minimum absolute atomic E-state index is 0.0825. The Morgan fingerprint density at radius 1 is 1.24 bits per heavy atom. The summed E-state index contributed by atoms with van der Waals surface area (Å²) in [5.74, 6) is 0.255. The molecule has 0 saturated heterocycles. The smallest absolute Gasteiger partial charge is 0.260 e. The summed E-state index contributed by atoms with van der Waals surface area (Å²) in [6.45, 7) is 5.97. The van der Waals surface area contributed by atoms with Gasteiger partial charge in [-0.05, 0) is 31.6 Å². The van der Waals surface area contributed by atoms with Gasteiger partial charge in [-0.15, -0.1) is 0 Å². The Morgan fingerprint density at radius 2 is 1.90 bits per heavy atom. The van der Waals surface area contributed by atoms with Crippen LogP contribution in [0.4, 0.5) is 0 Å². The predicted octanol–water partition coefficient (Wildman–Crippen LogP) is 0.749. The van der Waals surface area contributed by atoms with E-state index in [0.29, 0.717) is 26.2 Å². The van der Waals surface area contributed by atoms with Gasteiger partial charge in [-0.1, -0.05) is 19.9 Å². The van der Waals surface area contributed by atoms with E-state index in [9.17, 15) is 8.42 Å². The third-order valence-electron chi connectivity index (χ3n) is 3.00.